The first-order chi connectivity index (χ1) is 11.3. The molecule has 23 heavy (non-hydrogen) atoms. The highest BCUT2D eigenvalue weighted by atomic mass is 16.6. The summed E-state index contributed by atoms with van der Waals surface area (Å²) < 4.78 is 21.7. The zero-order chi connectivity index (χ0) is 16.6. The van der Waals surface area contributed by atoms with Crippen molar-refractivity contribution in [3.05, 3.63) is 10.4 Å². The molecule has 1 saturated carbocycles. The normalized spacial score (nSPS) is 21.1. The Bertz CT molecular complexity index is 316. The Labute approximate surface area is 139 Å². The number of hydrogen-bond acceptors (Lipinski definition) is 5. The fourth-order valence-electron chi connectivity index (χ4n) is 2.56. The van der Waals surface area contributed by atoms with Gasteiger partial charge in [0.2, 0.25) is 0 Å². The van der Waals surface area contributed by atoms with Gasteiger partial charge in [0.05, 0.1) is 46.2 Å². The van der Waals surface area contributed by atoms with Gasteiger partial charge in [0.25, 0.3) is 0 Å². The molecule has 0 N–H and O–H groups in total. The average molecular weight is 329 g/mol. The van der Waals surface area contributed by atoms with E-state index in [1.807, 2.05) is 0 Å². The molecule has 0 amide bonds. The molecule has 0 saturated heterocycles. The molecule has 1 rings (SSSR count). The molecule has 0 unspecified atom stereocenters. The van der Waals surface area contributed by atoms with Gasteiger partial charge in [-0.1, -0.05) is 24.9 Å². The van der Waals surface area contributed by atoms with Crippen LogP contribution >= 0.6 is 0 Å². The highest BCUT2D eigenvalue weighted by molar-refractivity contribution is 4.69. The van der Waals surface area contributed by atoms with Gasteiger partial charge in [0.15, 0.2) is 0 Å². The molecule has 0 aromatic heterocycles. The monoisotopic (exact) mass is 329 g/mol. The van der Waals surface area contributed by atoms with Crippen LogP contribution in [0, 0.1) is 11.8 Å². The van der Waals surface area contributed by atoms with Gasteiger partial charge in [0.1, 0.15) is 0 Å². The van der Waals surface area contributed by atoms with Crippen molar-refractivity contribution in [2.75, 3.05) is 59.4 Å². The van der Waals surface area contributed by atoms with Crippen molar-refractivity contribution in [1.29, 1.82) is 0 Å². The van der Waals surface area contributed by atoms with Crippen LogP contribution in [0.1, 0.15) is 32.6 Å². The van der Waals surface area contributed by atoms with E-state index in [-0.39, 0.29) is 0 Å². The van der Waals surface area contributed by atoms with Crippen LogP contribution in [0.4, 0.5) is 0 Å². The Balaban J connectivity index is 1.72. The number of hydrogen-bond donors (Lipinski definition) is 0. The third kappa shape index (κ3) is 12.3. The molecule has 0 bridgehead atoms. The zero-order valence-corrected chi connectivity index (χ0v) is 14.3. The molecule has 0 atom stereocenters. The van der Waals surface area contributed by atoms with Crippen LogP contribution in [0.2, 0.25) is 0 Å². The molecule has 0 spiro atoms. The Kier molecular flexibility index (Phi) is 12.9. The largest absolute Gasteiger partial charge is 0.379 e. The van der Waals surface area contributed by atoms with E-state index in [2.05, 4.69) is 16.9 Å². The minimum Gasteiger partial charge on any atom is -0.379 e. The van der Waals surface area contributed by atoms with E-state index in [1.54, 1.807) is 0 Å². The van der Waals surface area contributed by atoms with Crippen LogP contribution in [0.25, 0.3) is 10.4 Å². The summed E-state index contributed by atoms with van der Waals surface area (Å²) in [6, 6.07) is 0. The first-order valence-corrected chi connectivity index (χ1v) is 8.64. The van der Waals surface area contributed by atoms with Crippen molar-refractivity contribution in [2.24, 2.45) is 17.0 Å². The van der Waals surface area contributed by atoms with Gasteiger partial charge >= 0.3 is 0 Å². The quantitative estimate of drug-likeness (QED) is 0.212. The predicted molar refractivity (Wildman–Crippen MR) is 88.4 cm³/mol. The highest BCUT2D eigenvalue weighted by Crippen LogP contribution is 2.28. The molecular formula is C16H31N3O4. The summed E-state index contributed by atoms with van der Waals surface area (Å²) in [7, 11) is 0. The summed E-state index contributed by atoms with van der Waals surface area (Å²) in [5.74, 6) is 1.64. The van der Waals surface area contributed by atoms with Crippen LogP contribution in [-0.4, -0.2) is 59.4 Å². The molecule has 0 radical (unpaired) electrons. The molecule has 7 heteroatoms. The molecule has 1 fully saturated rings. The molecular weight excluding hydrogens is 298 g/mol. The molecule has 134 valence electrons. The van der Waals surface area contributed by atoms with Gasteiger partial charge in [-0.05, 0) is 30.2 Å². The second-order valence-electron chi connectivity index (χ2n) is 5.99. The average Bonchev–Trinajstić information content (AvgIpc) is 2.57. The second kappa shape index (κ2) is 14.7. The molecule has 0 aromatic rings. The lowest BCUT2D eigenvalue weighted by Crippen LogP contribution is -2.19. The lowest BCUT2D eigenvalue weighted by atomic mass is 9.83. The Hall–Kier alpha value is -0.850. The second-order valence-corrected chi connectivity index (χ2v) is 5.99. The van der Waals surface area contributed by atoms with Crippen LogP contribution in [-0.2, 0) is 18.9 Å². The van der Waals surface area contributed by atoms with Gasteiger partial charge in [-0.15, -0.1) is 0 Å². The molecule has 1 aliphatic carbocycles. The van der Waals surface area contributed by atoms with E-state index < -0.39 is 0 Å². The number of rotatable bonds is 14. The molecule has 0 aromatic carbocycles. The number of nitrogens with zero attached hydrogens (tertiary/aromatic N) is 3. The van der Waals surface area contributed by atoms with Crippen molar-refractivity contribution in [3.63, 3.8) is 0 Å². The third-order valence-electron chi connectivity index (χ3n) is 4.00. The minimum atomic E-state index is 0.361. The maximum Gasteiger partial charge on any atom is 0.0701 e. The maximum atomic E-state index is 8.07. The van der Waals surface area contributed by atoms with Crippen LogP contribution in [0.15, 0.2) is 5.11 Å². The maximum absolute atomic E-state index is 8.07. The Morgan fingerprint density at radius 1 is 0.826 bits per heavy atom. The highest BCUT2D eigenvalue weighted by Gasteiger charge is 2.17. The van der Waals surface area contributed by atoms with E-state index in [9.17, 15) is 0 Å². The van der Waals surface area contributed by atoms with E-state index >= 15 is 0 Å². The first-order valence-electron chi connectivity index (χ1n) is 8.64. The van der Waals surface area contributed by atoms with E-state index in [4.69, 9.17) is 24.5 Å². The van der Waals surface area contributed by atoms with E-state index in [1.165, 1.54) is 25.7 Å². The fraction of sp³-hybridized carbons (Fsp3) is 1.00. The molecule has 1 aliphatic rings. The Morgan fingerprint density at radius 3 is 1.91 bits per heavy atom. The standard InChI is InChI=1S/C16H31N3O4/c1-15-2-4-16(5-3-15)14-23-13-12-22-11-10-21-9-8-20-7-6-18-19-17/h15-16H,2-14H2,1H3. The smallest absolute Gasteiger partial charge is 0.0701 e. The number of ether oxygens (including phenoxy) is 4. The topological polar surface area (TPSA) is 85.7 Å². The SMILES string of the molecule is CC1CCC(COCCOCCOCCOCCN=[N+]=[N-])CC1. The van der Waals surface area contributed by atoms with Crippen molar-refractivity contribution < 1.29 is 18.9 Å². The summed E-state index contributed by atoms with van der Waals surface area (Å²) in [6.45, 7) is 7.44. The van der Waals surface area contributed by atoms with Gasteiger partial charge in [0, 0.05) is 18.1 Å². The van der Waals surface area contributed by atoms with Crippen LogP contribution in [0.5, 0.6) is 0 Å². The van der Waals surface area contributed by atoms with Gasteiger partial charge in [-0.25, -0.2) is 0 Å². The predicted octanol–water partition coefficient (Wildman–Crippen LogP) is 3.19. The first kappa shape index (κ1) is 20.2. The third-order valence-corrected chi connectivity index (χ3v) is 4.00. The summed E-state index contributed by atoms with van der Waals surface area (Å²) in [6.07, 6.45) is 5.30. The Morgan fingerprint density at radius 2 is 1.35 bits per heavy atom. The number of azide groups is 1. The van der Waals surface area contributed by atoms with E-state index in [0.29, 0.717) is 52.8 Å². The molecule has 0 heterocycles. The summed E-state index contributed by atoms with van der Waals surface area (Å²) in [5, 5.41) is 3.37. The van der Waals surface area contributed by atoms with Crippen molar-refractivity contribution in [3.8, 4) is 0 Å². The van der Waals surface area contributed by atoms with Crippen molar-refractivity contribution >= 4 is 0 Å². The minimum absolute atomic E-state index is 0.361. The lowest BCUT2D eigenvalue weighted by molar-refractivity contribution is -0.00763. The van der Waals surface area contributed by atoms with E-state index in [0.717, 1.165) is 18.4 Å². The van der Waals surface area contributed by atoms with Crippen molar-refractivity contribution in [1.82, 2.24) is 0 Å². The summed E-state index contributed by atoms with van der Waals surface area (Å²) in [4.78, 5) is 2.64. The van der Waals surface area contributed by atoms with Crippen molar-refractivity contribution in [2.45, 2.75) is 32.6 Å². The van der Waals surface area contributed by atoms with Gasteiger partial charge < -0.3 is 18.9 Å². The molecule has 0 aliphatic heterocycles. The molecule has 7 nitrogen and oxygen atoms in total. The lowest BCUT2D eigenvalue weighted by Gasteiger charge is -2.25. The van der Waals surface area contributed by atoms with Gasteiger partial charge in [-0.2, -0.15) is 0 Å². The van der Waals surface area contributed by atoms with Crippen LogP contribution < -0.4 is 0 Å². The fourth-order valence-corrected chi connectivity index (χ4v) is 2.56. The summed E-state index contributed by atoms with van der Waals surface area (Å²) >= 11 is 0. The summed E-state index contributed by atoms with van der Waals surface area (Å²) in [5.41, 5.74) is 8.07. The van der Waals surface area contributed by atoms with Gasteiger partial charge in [-0.3, -0.25) is 0 Å². The van der Waals surface area contributed by atoms with Crippen LogP contribution in [0.3, 0.4) is 0 Å². The zero-order valence-electron chi connectivity index (χ0n) is 14.3.